The van der Waals surface area contributed by atoms with Crippen molar-refractivity contribution in [3.8, 4) is 11.6 Å². The summed E-state index contributed by atoms with van der Waals surface area (Å²) in [5.41, 5.74) is 0.990. The molecule has 1 saturated carbocycles. The number of hydrogen-bond donors (Lipinski definition) is 1. The number of nitrogens with one attached hydrogen (secondary N) is 1. The molecule has 8 heteroatoms. The van der Waals surface area contributed by atoms with Gasteiger partial charge in [-0.2, -0.15) is 0 Å². The molecule has 1 aliphatic rings. The maximum Gasteiger partial charge on any atom is 0.230 e. The maximum absolute atomic E-state index is 13.0. The van der Waals surface area contributed by atoms with Gasteiger partial charge < -0.3 is 9.73 Å². The summed E-state index contributed by atoms with van der Waals surface area (Å²) in [4.78, 5) is 12.3. The van der Waals surface area contributed by atoms with Crippen LogP contribution in [0.25, 0.3) is 11.6 Å². The van der Waals surface area contributed by atoms with E-state index in [1.165, 1.54) is 43.2 Å². The Morgan fingerprint density at radius 1 is 1.17 bits per heavy atom. The predicted molar refractivity (Wildman–Crippen MR) is 114 cm³/mol. The highest BCUT2D eigenvalue weighted by Gasteiger charge is 2.25. The van der Waals surface area contributed by atoms with E-state index in [9.17, 15) is 9.18 Å². The minimum Gasteiger partial charge on any atom is -0.461 e. The normalized spacial score (nSPS) is 14.7. The highest BCUT2D eigenvalue weighted by Crippen LogP contribution is 2.35. The third-order valence-electron chi connectivity index (χ3n) is 5.33. The molecular weight excluding hydrogens is 403 g/mol. The van der Waals surface area contributed by atoms with E-state index in [1.807, 2.05) is 12.1 Å². The zero-order valence-electron chi connectivity index (χ0n) is 16.7. The fourth-order valence-corrected chi connectivity index (χ4v) is 4.63. The lowest BCUT2D eigenvalue weighted by Crippen LogP contribution is -2.27. The number of rotatable bonds is 8. The number of carbonyl (C=O) groups excluding carboxylic acids is 1. The highest BCUT2D eigenvalue weighted by atomic mass is 32.2. The molecule has 6 nitrogen and oxygen atoms in total. The maximum atomic E-state index is 13.0. The van der Waals surface area contributed by atoms with Gasteiger partial charge in [0.05, 0.1) is 12.0 Å². The number of furan rings is 1. The average molecular weight is 429 g/mol. The molecule has 3 aromatic rings. The Morgan fingerprint density at radius 2 is 1.97 bits per heavy atom. The van der Waals surface area contributed by atoms with Crippen LogP contribution in [0.1, 0.15) is 43.7 Å². The Morgan fingerprint density at radius 3 is 2.70 bits per heavy atom. The second-order valence-corrected chi connectivity index (χ2v) is 8.40. The third-order valence-corrected chi connectivity index (χ3v) is 6.27. The summed E-state index contributed by atoms with van der Waals surface area (Å²) in [6.45, 7) is 0.512. The molecule has 0 spiro atoms. The summed E-state index contributed by atoms with van der Waals surface area (Å²) in [7, 11) is 0. The van der Waals surface area contributed by atoms with E-state index in [4.69, 9.17) is 4.42 Å². The lowest BCUT2D eigenvalue weighted by Gasteiger charge is -2.25. The van der Waals surface area contributed by atoms with Gasteiger partial charge >= 0.3 is 0 Å². The summed E-state index contributed by atoms with van der Waals surface area (Å²) >= 11 is 1.40. The van der Waals surface area contributed by atoms with Gasteiger partial charge in [-0.25, -0.2) is 4.39 Å². The Bertz CT molecular complexity index is 950. The van der Waals surface area contributed by atoms with Crippen LogP contribution in [0, 0.1) is 5.82 Å². The first-order valence-electron chi connectivity index (χ1n) is 10.3. The van der Waals surface area contributed by atoms with Crippen molar-refractivity contribution in [3.05, 3.63) is 54.0 Å². The summed E-state index contributed by atoms with van der Waals surface area (Å²) in [6.07, 6.45) is 8.11. The Kier molecular flexibility index (Phi) is 6.84. The number of amides is 1. The molecule has 4 rings (SSSR count). The number of hydrogen-bond acceptors (Lipinski definition) is 5. The van der Waals surface area contributed by atoms with Gasteiger partial charge in [-0.05, 0) is 49.1 Å². The number of nitrogens with zero attached hydrogens (tertiary/aromatic N) is 3. The van der Waals surface area contributed by atoms with Crippen LogP contribution < -0.4 is 5.32 Å². The van der Waals surface area contributed by atoms with Crippen molar-refractivity contribution < 1.29 is 13.6 Å². The first-order chi connectivity index (χ1) is 14.7. The van der Waals surface area contributed by atoms with Crippen LogP contribution in [0.15, 0.2) is 52.2 Å². The second-order valence-electron chi connectivity index (χ2n) is 7.46. The Hall–Kier alpha value is -2.61. The lowest BCUT2D eigenvalue weighted by molar-refractivity contribution is -0.118. The van der Waals surface area contributed by atoms with Crippen LogP contribution in [0.3, 0.4) is 0 Å². The monoisotopic (exact) mass is 428 g/mol. The quantitative estimate of drug-likeness (QED) is 0.530. The molecule has 0 bridgehead atoms. The summed E-state index contributed by atoms with van der Waals surface area (Å²) in [5, 5.41) is 12.4. The topological polar surface area (TPSA) is 73.0 Å². The van der Waals surface area contributed by atoms with Crippen molar-refractivity contribution in [1.29, 1.82) is 0 Å². The van der Waals surface area contributed by atoms with E-state index in [0.717, 1.165) is 29.4 Å². The van der Waals surface area contributed by atoms with Crippen LogP contribution >= 0.6 is 11.8 Å². The van der Waals surface area contributed by atoms with Crippen molar-refractivity contribution >= 4 is 17.7 Å². The van der Waals surface area contributed by atoms with E-state index in [1.54, 1.807) is 18.4 Å². The molecule has 1 aromatic carbocycles. The third kappa shape index (κ3) is 5.11. The Balaban J connectivity index is 1.36. The van der Waals surface area contributed by atoms with Crippen LogP contribution in [0.2, 0.25) is 0 Å². The average Bonchev–Trinajstić information content (AvgIpc) is 3.44. The Labute approximate surface area is 179 Å². The molecule has 1 aliphatic carbocycles. The largest absolute Gasteiger partial charge is 0.461 e. The summed E-state index contributed by atoms with van der Waals surface area (Å²) in [6, 6.07) is 10.4. The van der Waals surface area contributed by atoms with E-state index < -0.39 is 0 Å². The van der Waals surface area contributed by atoms with Gasteiger partial charge in [0, 0.05) is 12.6 Å². The minimum absolute atomic E-state index is 0.0557. The van der Waals surface area contributed by atoms with E-state index in [-0.39, 0.29) is 17.5 Å². The first-order valence-corrected chi connectivity index (χ1v) is 11.3. The van der Waals surface area contributed by atoms with Crippen molar-refractivity contribution in [2.24, 2.45) is 0 Å². The number of thioether (sulfide) groups is 1. The van der Waals surface area contributed by atoms with Gasteiger partial charge in [-0.1, -0.05) is 43.2 Å². The van der Waals surface area contributed by atoms with Crippen molar-refractivity contribution in [2.75, 3.05) is 12.3 Å². The fraction of sp³-hybridized carbons (Fsp3) is 0.409. The molecule has 0 radical (unpaired) electrons. The number of aromatic nitrogens is 3. The van der Waals surface area contributed by atoms with Gasteiger partial charge in [-0.3, -0.25) is 9.36 Å². The van der Waals surface area contributed by atoms with Gasteiger partial charge in [-0.15, -0.1) is 10.2 Å². The fourth-order valence-electron chi connectivity index (χ4n) is 3.80. The van der Waals surface area contributed by atoms with E-state index in [2.05, 4.69) is 20.1 Å². The standard InChI is InChI=1S/C22H25FN4O2S/c23-17-10-8-16(9-11-17)12-13-24-20(28)15-30-22-26-25-21(19-7-4-14-29-19)27(22)18-5-2-1-3-6-18/h4,7-11,14,18H,1-3,5-6,12-13,15H2,(H,24,28). The molecule has 0 unspecified atom stereocenters. The SMILES string of the molecule is O=C(CSc1nnc(-c2ccco2)n1C1CCCCC1)NCCc1ccc(F)cc1. The molecule has 0 aliphatic heterocycles. The number of carbonyl (C=O) groups is 1. The van der Waals surface area contributed by atoms with E-state index >= 15 is 0 Å². The number of benzene rings is 1. The van der Waals surface area contributed by atoms with Crippen LogP contribution in [-0.4, -0.2) is 33.0 Å². The zero-order chi connectivity index (χ0) is 20.8. The second kappa shape index (κ2) is 9.93. The highest BCUT2D eigenvalue weighted by molar-refractivity contribution is 7.99. The zero-order valence-corrected chi connectivity index (χ0v) is 17.5. The summed E-state index contributed by atoms with van der Waals surface area (Å²) in [5.74, 6) is 1.39. The molecule has 1 fully saturated rings. The summed E-state index contributed by atoms with van der Waals surface area (Å²) < 4.78 is 20.7. The number of halogens is 1. The first kappa shape index (κ1) is 20.7. The molecule has 158 valence electrons. The van der Waals surface area contributed by atoms with Gasteiger partial charge in [0.15, 0.2) is 10.9 Å². The molecule has 0 atom stereocenters. The molecule has 0 saturated heterocycles. The molecule has 2 aromatic heterocycles. The molecule has 1 amide bonds. The minimum atomic E-state index is -0.254. The molecular formula is C22H25FN4O2S. The van der Waals surface area contributed by atoms with Crippen molar-refractivity contribution in [1.82, 2.24) is 20.1 Å². The van der Waals surface area contributed by atoms with Crippen molar-refractivity contribution in [2.45, 2.75) is 49.7 Å². The predicted octanol–water partition coefficient (Wildman–Crippen LogP) is 4.63. The van der Waals surface area contributed by atoms with E-state index in [0.29, 0.717) is 24.8 Å². The lowest BCUT2D eigenvalue weighted by atomic mass is 9.95. The van der Waals surface area contributed by atoms with Gasteiger partial charge in [0.1, 0.15) is 5.82 Å². The molecule has 2 heterocycles. The molecule has 1 N–H and O–H groups in total. The van der Waals surface area contributed by atoms with Gasteiger partial charge in [0.2, 0.25) is 11.7 Å². The molecule has 30 heavy (non-hydrogen) atoms. The van der Waals surface area contributed by atoms with Crippen molar-refractivity contribution in [3.63, 3.8) is 0 Å². The van der Waals surface area contributed by atoms with Crippen LogP contribution in [-0.2, 0) is 11.2 Å². The smallest absolute Gasteiger partial charge is 0.230 e. The van der Waals surface area contributed by atoms with Crippen LogP contribution in [0.4, 0.5) is 4.39 Å². The van der Waals surface area contributed by atoms with Gasteiger partial charge in [0.25, 0.3) is 0 Å². The van der Waals surface area contributed by atoms with Crippen LogP contribution in [0.5, 0.6) is 0 Å².